The quantitative estimate of drug-likeness (QED) is 0.933. The van der Waals surface area contributed by atoms with Gasteiger partial charge in [0.05, 0.1) is 0 Å². The maximum Gasteiger partial charge on any atom is 0.0485 e. The Kier molecular flexibility index (Phi) is 3.93. The minimum absolute atomic E-state index is 0.331. The fraction of sp³-hybridized carbons (Fsp3) is 0.389. The van der Waals surface area contributed by atoms with Gasteiger partial charge in [-0.1, -0.05) is 18.2 Å². The largest absolute Gasteiger partial charge is 0.378 e. The number of aromatic nitrogens is 1. The second-order valence-corrected chi connectivity index (χ2v) is 5.95. The van der Waals surface area contributed by atoms with Gasteiger partial charge in [0.15, 0.2) is 0 Å². The Bertz CT molecular complexity index is 604. The Labute approximate surface area is 127 Å². The lowest BCUT2D eigenvalue weighted by Crippen LogP contribution is -2.23. The molecule has 1 aromatic carbocycles. The van der Waals surface area contributed by atoms with E-state index < -0.39 is 0 Å². The molecule has 110 valence electrons. The highest BCUT2D eigenvalue weighted by atomic mass is 15.1. The molecule has 0 saturated heterocycles. The first-order valence-electron chi connectivity index (χ1n) is 7.59. The van der Waals surface area contributed by atoms with Crippen molar-refractivity contribution in [3.05, 3.63) is 59.4 Å². The van der Waals surface area contributed by atoms with Gasteiger partial charge >= 0.3 is 0 Å². The molecule has 0 aliphatic heterocycles. The Morgan fingerprint density at radius 3 is 2.62 bits per heavy atom. The molecule has 3 nitrogen and oxygen atoms in total. The number of aryl methyl sites for hydroxylation is 1. The molecule has 2 atom stereocenters. The lowest BCUT2D eigenvalue weighted by molar-refractivity contribution is 0.470. The number of pyridine rings is 1. The van der Waals surface area contributed by atoms with E-state index in [2.05, 4.69) is 59.6 Å². The summed E-state index contributed by atoms with van der Waals surface area (Å²) in [7, 11) is 6.19. The van der Waals surface area contributed by atoms with Crippen molar-refractivity contribution in [2.45, 2.75) is 24.8 Å². The predicted octanol–water partition coefficient (Wildman–Crippen LogP) is 3.14. The Morgan fingerprint density at radius 1 is 1.19 bits per heavy atom. The van der Waals surface area contributed by atoms with Crippen LogP contribution in [0.1, 0.15) is 35.2 Å². The minimum atomic E-state index is 0.331. The van der Waals surface area contributed by atoms with Crippen LogP contribution in [-0.4, -0.2) is 26.1 Å². The molecule has 0 amide bonds. The van der Waals surface area contributed by atoms with Gasteiger partial charge in [0.25, 0.3) is 0 Å². The summed E-state index contributed by atoms with van der Waals surface area (Å²) in [5.41, 5.74) is 5.26. The van der Waals surface area contributed by atoms with Gasteiger partial charge in [-0.2, -0.15) is 0 Å². The van der Waals surface area contributed by atoms with E-state index in [1.54, 1.807) is 0 Å². The van der Waals surface area contributed by atoms with E-state index in [0.717, 1.165) is 6.42 Å². The van der Waals surface area contributed by atoms with Crippen LogP contribution in [0.4, 0.5) is 5.69 Å². The zero-order chi connectivity index (χ0) is 14.8. The zero-order valence-corrected chi connectivity index (χ0v) is 13.0. The van der Waals surface area contributed by atoms with E-state index in [0.29, 0.717) is 12.0 Å². The molecular weight excluding hydrogens is 258 g/mol. The smallest absolute Gasteiger partial charge is 0.0485 e. The number of anilines is 1. The van der Waals surface area contributed by atoms with Crippen molar-refractivity contribution in [3.8, 4) is 0 Å². The highest BCUT2D eigenvalue weighted by Crippen LogP contribution is 2.40. The average Bonchev–Trinajstić information content (AvgIpc) is 2.93. The summed E-state index contributed by atoms with van der Waals surface area (Å²) in [4.78, 5) is 6.76. The second kappa shape index (κ2) is 5.86. The van der Waals surface area contributed by atoms with E-state index in [1.165, 1.54) is 28.9 Å². The third kappa shape index (κ3) is 2.66. The molecule has 0 saturated carbocycles. The number of hydrogen-bond acceptors (Lipinski definition) is 3. The van der Waals surface area contributed by atoms with E-state index in [4.69, 9.17) is 0 Å². The number of nitrogens with zero attached hydrogens (tertiary/aromatic N) is 2. The van der Waals surface area contributed by atoms with Crippen LogP contribution in [0.2, 0.25) is 0 Å². The van der Waals surface area contributed by atoms with Crippen LogP contribution in [0.3, 0.4) is 0 Å². The van der Waals surface area contributed by atoms with E-state index >= 15 is 0 Å². The first kappa shape index (κ1) is 14.1. The maximum absolute atomic E-state index is 4.63. The van der Waals surface area contributed by atoms with Gasteiger partial charge in [0.2, 0.25) is 0 Å². The summed E-state index contributed by atoms with van der Waals surface area (Å²) < 4.78 is 0. The molecule has 2 unspecified atom stereocenters. The molecule has 0 spiro atoms. The van der Waals surface area contributed by atoms with Crippen LogP contribution in [0.25, 0.3) is 0 Å². The van der Waals surface area contributed by atoms with Crippen molar-refractivity contribution < 1.29 is 0 Å². The summed E-state index contributed by atoms with van der Waals surface area (Å²) >= 11 is 0. The van der Waals surface area contributed by atoms with Crippen LogP contribution in [-0.2, 0) is 6.42 Å². The van der Waals surface area contributed by atoms with Crippen LogP contribution < -0.4 is 10.2 Å². The third-order valence-corrected chi connectivity index (χ3v) is 4.48. The van der Waals surface area contributed by atoms with Crippen molar-refractivity contribution in [2.24, 2.45) is 0 Å². The highest BCUT2D eigenvalue weighted by molar-refractivity contribution is 5.47. The topological polar surface area (TPSA) is 28.2 Å². The summed E-state index contributed by atoms with van der Waals surface area (Å²) in [5, 5.41) is 3.50. The fourth-order valence-electron chi connectivity index (χ4n) is 3.35. The average molecular weight is 281 g/mol. The first-order valence-corrected chi connectivity index (χ1v) is 7.59. The zero-order valence-electron chi connectivity index (χ0n) is 13.0. The number of hydrogen-bond donors (Lipinski definition) is 1. The first-order chi connectivity index (χ1) is 10.2. The number of rotatable bonds is 4. The fourth-order valence-corrected chi connectivity index (χ4v) is 3.35. The second-order valence-electron chi connectivity index (χ2n) is 5.95. The van der Waals surface area contributed by atoms with Crippen LogP contribution in [0, 0.1) is 0 Å². The molecule has 2 aromatic rings. The van der Waals surface area contributed by atoms with Crippen molar-refractivity contribution in [1.29, 1.82) is 0 Å². The number of nitrogens with one attached hydrogen (secondary N) is 1. The van der Waals surface area contributed by atoms with Crippen molar-refractivity contribution >= 4 is 5.69 Å². The molecule has 1 aromatic heterocycles. The third-order valence-electron chi connectivity index (χ3n) is 4.48. The van der Waals surface area contributed by atoms with Crippen molar-refractivity contribution in [3.63, 3.8) is 0 Å². The standard InChI is InChI=1S/C18H23N3/c1-19-17(14-6-9-15(10-7-14)21(2)3)16-11-8-13-5-4-12-20-18(13)16/h4-7,9-10,12,16-17,19H,8,11H2,1-3H3. The maximum atomic E-state index is 4.63. The SMILES string of the molecule is CNC(c1ccc(N(C)C)cc1)C1CCc2cccnc21. The monoisotopic (exact) mass is 281 g/mol. The summed E-state index contributed by atoms with van der Waals surface area (Å²) in [5.74, 6) is 0.469. The molecule has 1 aliphatic carbocycles. The van der Waals surface area contributed by atoms with Crippen LogP contribution >= 0.6 is 0 Å². The Morgan fingerprint density at radius 2 is 1.95 bits per heavy atom. The van der Waals surface area contributed by atoms with E-state index in [-0.39, 0.29) is 0 Å². The summed E-state index contributed by atoms with van der Waals surface area (Å²) in [6.45, 7) is 0. The molecule has 3 rings (SSSR count). The Balaban J connectivity index is 1.89. The van der Waals surface area contributed by atoms with Crippen molar-refractivity contribution in [1.82, 2.24) is 10.3 Å². The van der Waals surface area contributed by atoms with Gasteiger partial charge < -0.3 is 10.2 Å². The molecule has 1 heterocycles. The number of fused-ring (bicyclic) bond motifs is 1. The molecule has 21 heavy (non-hydrogen) atoms. The summed E-state index contributed by atoms with van der Waals surface area (Å²) in [6.07, 6.45) is 4.23. The normalized spacial score (nSPS) is 18.3. The number of benzene rings is 1. The van der Waals surface area contributed by atoms with Gasteiger partial charge in [-0.3, -0.25) is 4.98 Å². The van der Waals surface area contributed by atoms with Gasteiger partial charge in [-0.05, 0) is 49.2 Å². The molecule has 3 heteroatoms. The molecule has 0 bridgehead atoms. The van der Waals surface area contributed by atoms with Gasteiger partial charge in [0.1, 0.15) is 0 Å². The van der Waals surface area contributed by atoms with Gasteiger partial charge in [0, 0.05) is 43.6 Å². The minimum Gasteiger partial charge on any atom is -0.378 e. The van der Waals surface area contributed by atoms with Crippen LogP contribution in [0.5, 0.6) is 0 Å². The molecule has 1 aliphatic rings. The molecular formula is C18H23N3. The summed E-state index contributed by atoms with van der Waals surface area (Å²) in [6, 6.07) is 13.4. The predicted molar refractivity (Wildman–Crippen MR) is 87.9 cm³/mol. The van der Waals surface area contributed by atoms with Crippen molar-refractivity contribution in [2.75, 3.05) is 26.0 Å². The van der Waals surface area contributed by atoms with Gasteiger partial charge in [-0.25, -0.2) is 0 Å². The molecule has 0 radical (unpaired) electrons. The highest BCUT2D eigenvalue weighted by Gasteiger charge is 2.30. The van der Waals surface area contributed by atoms with E-state index in [9.17, 15) is 0 Å². The number of likely N-dealkylation sites (N-methyl/N-ethyl adjacent to an activating group) is 1. The molecule has 0 fully saturated rings. The van der Waals surface area contributed by atoms with Gasteiger partial charge in [-0.15, -0.1) is 0 Å². The molecule has 1 N–H and O–H groups in total. The lowest BCUT2D eigenvalue weighted by atomic mass is 9.90. The lowest BCUT2D eigenvalue weighted by Gasteiger charge is -2.24. The van der Waals surface area contributed by atoms with E-state index in [1.807, 2.05) is 19.3 Å². The van der Waals surface area contributed by atoms with Crippen LogP contribution in [0.15, 0.2) is 42.6 Å². The Hall–Kier alpha value is -1.87.